The maximum absolute atomic E-state index is 13.6. The Hall–Kier alpha value is -0.690. The van der Waals surface area contributed by atoms with Gasteiger partial charge in [-0.2, -0.15) is 0 Å². The second-order valence-electron chi connectivity index (χ2n) is 4.63. The van der Waals surface area contributed by atoms with Crippen LogP contribution in [0.25, 0.3) is 0 Å². The van der Waals surface area contributed by atoms with Gasteiger partial charge in [-0.05, 0) is 31.0 Å². The second kappa shape index (κ2) is 8.56. The van der Waals surface area contributed by atoms with Crippen LogP contribution in [-0.4, -0.2) is 21.0 Å². The summed E-state index contributed by atoms with van der Waals surface area (Å²) in [6.45, 7) is 3.94. The van der Waals surface area contributed by atoms with E-state index in [0.717, 1.165) is 18.9 Å². The Labute approximate surface area is 126 Å². The lowest BCUT2D eigenvalue weighted by Crippen LogP contribution is -2.40. The molecule has 0 radical (unpaired) electrons. The number of nitrogens with one attached hydrogen (secondary N) is 1. The van der Waals surface area contributed by atoms with E-state index in [0.29, 0.717) is 12.0 Å². The first kappa shape index (κ1) is 19.3. The van der Waals surface area contributed by atoms with Crippen molar-refractivity contribution >= 4 is 22.4 Å². The van der Waals surface area contributed by atoms with E-state index in [4.69, 9.17) is 5.73 Å². The molecule has 0 heterocycles. The van der Waals surface area contributed by atoms with Gasteiger partial charge in [0.2, 0.25) is 10.0 Å². The molecule has 20 heavy (non-hydrogen) atoms. The van der Waals surface area contributed by atoms with Crippen molar-refractivity contribution in [3.63, 3.8) is 0 Å². The van der Waals surface area contributed by atoms with Crippen LogP contribution < -0.4 is 10.5 Å². The van der Waals surface area contributed by atoms with E-state index in [2.05, 4.69) is 4.72 Å². The summed E-state index contributed by atoms with van der Waals surface area (Å²) in [6.07, 6.45) is 2.48. The third-order valence-corrected chi connectivity index (χ3v) is 4.42. The molecule has 0 spiro atoms. The molecule has 0 fully saturated rings. The molecule has 0 aromatic heterocycles. The highest BCUT2D eigenvalue weighted by atomic mass is 35.5. The molecular weight excluding hydrogens is 303 g/mol. The van der Waals surface area contributed by atoms with Gasteiger partial charge in [-0.3, -0.25) is 0 Å². The average Bonchev–Trinajstić information content (AvgIpc) is 2.37. The Bertz CT molecular complexity index is 523. The Balaban J connectivity index is 0.00000361. The molecule has 0 saturated carbocycles. The molecule has 1 atom stereocenters. The fourth-order valence-corrected chi connectivity index (χ4v) is 3.22. The zero-order valence-electron chi connectivity index (χ0n) is 11.7. The van der Waals surface area contributed by atoms with Crippen molar-refractivity contribution in [3.8, 4) is 0 Å². The number of rotatable bonds is 7. The minimum Gasteiger partial charge on any atom is -0.329 e. The van der Waals surface area contributed by atoms with Gasteiger partial charge in [-0.25, -0.2) is 17.5 Å². The molecule has 0 bridgehead atoms. The molecule has 0 aliphatic heterocycles. The second-order valence-corrected chi connectivity index (χ2v) is 6.31. The van der Waals surface area contributed by atoms with E-state index < -0.39 is 15.8 Å². The van der Waals surface area contributed by atoms with Gasteiger partial charge in [0.05, 0.1) is 0 Å². The Morgan fingerprint density at radius 2 is 2.05 bits per heavy atom. The summed E-state index contributed by atoms with van der Waals surface area (Å²) in [5, 5.41) is 0. The van der Waals surface area contributed by atoms with E-state index in [1.165, 1.54) is 12.1 Å². The third-order valence-electron chi connectivity index (χ3n) is 2.89. The summed E-state index contributed by atoms with van der Waals surface area (Å²) in [7, 11) is -3.86. The van der Waals surface area contributed by atoms with Gasteiger partial charge in [0.1, 0.15) is 10.7 Å². The van der Waals surface area contributed by atoms with Gasteiger partial charge < -0.3 is 5.73 Å². The molecule has 1 rings (SSSR count). The summed E-state index contributed by atoms with van der Waals surface area (Å²) < 4.78 is 40.4. The lowest BCUT2D eigenvalue weighted by molar-refractivity contribution is 0.509. The van der Waals surface area contributed by atoms with E-state index in [-0.39, 0.29) is 29.9 Å². The summed E-state index contributed by atoms with van der Waals surface area (Å²) >= 11 is 0. The SMILES string of the molecule is CCCCC(CN)NS(=O)(=O)c1cc(C)ccc1F.Cl. The molecule has 1 aromatic carbocycles. The van der Waals surface area contributed by atoms with Crippen molar-refractivity contribution in [1.82, 2.24) is 4.72 Å². The quantitative estimate of drug-likeness (QED) is 0.808. The van der Waals surface area contributed by atoms with Crippen molar-refractivity contribution in [1.29, 1.82) is 0 Å². The first-order chi connectivity index (χ1) is 8.90. The molecule has 1 aromatic rings. The van der Waals surface area contributed by atoms with Crippen molar-refractivity contribution in [3.05, 3.63) is 29.6 Å². The lowest BCUT2D eigenvalue weighted by atomic mass is 10.1. The van der Waals surface area contributed by atoms with Crippen LogP contribution in [0.1, 0.15) is 31.7 Å². The van der Waals surface area contributed by atoms with Gasteiger partial charge in [-0.15, -0.1) is 12.4 Å². The van der Waals surface area contributed by atoms with E-state index in [1.54, 1.807) is 6.92 Å². The van der Waals surface area contributed by atoms with Crippen LogP contribution in [0.2, 0.25) is 0 Å². The summed E-state index contributed by atoms with van der Waals surface area (Å²) in [5.74, 6) is -0.746. The fraction of sp³-hybridized carbons (Fsp3) is 0.538. The number of unbranched alkanes of at least 4 members (excludes halogenated alkanes) is 1. The number of aryl methyl sites for hydroxylation is 1. The zero-order valence-corrected chi connectivity index (χ0v) is 13.4. The minimum atomic E-state index is -3.86. The molecule has 7 heteroatoms. The van der Waals surface area contributed by atoms with Crippen LogP contribution in [0.5, 0.6) is 0 Å². The van der Waals surface area contributed by atoms with Crippen molar-refractivity contribution in [2.24, 2.45) is 5.73 Å². The Kier molecular flexibility index (Phi) is 8.27. The third kappa shape index (κ3) is 5.36. The molecule has 0 amide bonds. The molecule has 0 aliphatic carbocycles. The molecule has 1 unspecified atom stereocenters. The van der Waals surface area contributed by atoms with Crippen LogP contribution in [0.3, 0.4) is 0 Å². The van der Waals surface area contributed by atoms with Gasteiger partial charge in [0.15, 0.2) is 0 Å². The standard InChI is InChI=1S/C13H21FN2O2S.ClH/c1-3-4-5-11(9-15)16-19(17,18)13-8-10(2)6-7-12(13)14;/h6-8,11,16H,3-5,9,15H2,1-2H3;1H. The highest BCUT2D eigenvalue weighted by Crippen LogP contribution is 2.16. The first-order valence-electron chi connectivity index (χ1n) is 6.39. The van der Waals surface area contributed by atoms with Gasteiger partial charge in [-0.1, -0.05) is 25.8 Å². The summed E-state index contributed by atoms with van der Waals surface area (Å²) in [6, 6.07) is 3.66. The van der Waals surface area contributed by atoms with Gasteiger partial charge >= 0.3 is 0 Å². The summed E-state index contributed by atoms with van der Waals surface area (Å²) in [5.41, 5.74) is 6.24. The smallest absolute Gasteiger partial charge is 0.243 e. The van der Waals surface area contributed by atoms with Crippen molar-refractivity contribution < 1.29 is 12.8 Å². The largest absolute Gasteiger partial charge is 0.329 e. The molecule has 0 saturated heterocycles. The molecule has 4 nitrogen and oxygen atoms in total. The van der Waals surface area contributed by atoms with Gasteiger partial charge in [0.25, 0.3) is 0 Å². The normalized spacial score (nSPS) is 12.8. The predicted octanol–water partition coefficient (Wildman–Crippen LogP) is 2.35. The first-order valence-corrected chi connectivity index (χ1v) is 7.87. The number of halogens is 2. The molecule has 0 aliphatic rings. The lowest BCUT2D eigenvalue weighted by Gasteiger charge is -2.17. The highest BCUT2D eigenvalue weighted by molar-refractivity contribution is 7.89. The van der Waals surface area contributed by atoms with Crippen molar-refractivity contribution in [2.75, 3.05) is 6.54 Å². The van der Waals surface area contributed by atoms with Crippen molar-refractivity contribution in [2.45, 2.75) is 44.0 Å². The number of benzene rings is 1. The van der Waals surface area contributed by atoms with E-state index in [9.17, 15) is 12.8 Å². The zero-order chi connectivity index (χ0) is 14.5. The molecule has 116 valence electrons. The van der Waals surface area contributed by atoms with Gasteiger partial charge in [0, 0.05) is 12.6 Å². The topological polar surface area (TPSA) is 72.2 Å². The predicted molar refractivity (Wildman–Crippen MR) is 81.1 cm³/mol. The molecular formula is C13H22ClFN2O2S. The maximum atomic E-state index is 13.6. The van der Waals surface area contributed by atoms with Crippen LogP contribution in [0.4, 0.5) is 4.39 Å². The van der Waals surface area contributed by atoms with Crippen LogP contribution in [-0.2, 0) is 10.0 Å². The maximum Gasteiger partial charge on any atom is 0.243 e. The number of nitrogens with two attached hydrogens (primary N) is 1. The van der Waals surface area contributed by atoms with E-state index >= 15 is 0 Å². The van der Waals surface area contributed by atoms with Crippen LogP contribution in [0.15, 0.2) is 23.1 Å². The van der Waals surface area contributed by atoms with Crippen LogP contribution in [0, 0.1) is 12.7 Å². The minimum absolute atomic E-state index is 0. The Morgan fingerprint density at radius 3 is 2.60 bits per heavy atom. The number of sulfonamides is 1. The number of hydrogen-bond acceptors (Lipinski definition) is 3. The van der Waals surface area contributed by atoms with Crippen LogP contribution >= 0.6 is 12.4 Å². The fourth-order valence-electron chi connectivity index (χ4n) is 1.77. The molecule has 3 N–H and O–H groups in total. The average molecular weight is 325 g/mol. The highest BCUT2D eigenvalue weighted by Gasteiger charge is 2.22. The number of hydrogen-bond donors (Lipinski definition) is 2. The summed E-state index contributed by atoms with van der Waals surface area (Å²) in [4.78, 5) is -0.317. The monoisotopic (exact) mass is 324 g/mol. The van der Waals surface area contributed by atoms with E-state index in [1.807, 2.05) is 6.92 Å². The Morgan fingerprint density at radius 1 is 1.40 bits per heavy atom.